The first kappa shape index (κ1) is 17.4. The third-order valence-corrected chi connectivity index (χ3v) is 3.67. The van der Waals surface area contributed by atoms with Crippen molar-refractivity contribution in [2.24, 2.45) is 0 Å². The van der Waals surface area contributed by atoms with E-state index in [0.29, 0.717) is 12.7 Å². The molecule has 0 amide bonds. The summed E-state index contributed by atoms with van der Waals surface area (Å²) >= 11 is 0. The van der Waals surface area contributed by atoms with Crippen molar-refractivity contribution in [1.82, 2.24) is 10.2 Å². The van der Waals surface area contributed by atoms with Crippen molar-refractivity contribution in [1.29, 1.82) is 0 Å². The van der Waals surface area contributed by atoms with Crippen LogP contribution in [0.1, 0.15) is 39.5 Å². The van der Waals surface area contributed by atoms with Crippen LogP contribution in [-0.2, 0) is 14.3 Å². The smallest absolute Gasteiger partial charge is 0.323 e. The number of nitrogens with one attached hydrogen (secondary N) is 1. The highest BCUT2D eigenvalue weighted by molar-refractivity contribution is 5.75. The van der Waals surface area contributed by atoms with E-state index in [9.17, 15) is 4.79 Å². The quantitative estimate of drug-likeness (QED) is 0.650. The van der Waals surface area contributed by atoms with E-state index in [1.165, 1.54) is 6.42 Å². The van der Waals surface area contributed by atoms with Gasteiger partial charge in [0.1, 0.15) is 6.04 Å². The normalized spacial score (nSPS) is 21.6. The molecule has 0 aromatic rings. The minimum atomic E-state index is -0.202. The number of hydrogen-bond acceptors (Lipinski definition) is 5. The zero-order chi connectivity index (χ0) is 14.8. The standard InChI is InChI=1S/C15H30N2O3/c1-4-11-20-13-7-6-9-17(12-13)10-8-14(16-3)15(18)19-5-2/h13-14,16H,4-12H2,1-3H3. The number of likely N-dealkylation sites (tertiary alicyclic amines) is 1. The molecule has 1 fully saturated rings. The lowest BCUT2D eigenvalue weighted by molar-refractivity contribution is -0.145. The van der Waals surface area contributed by atoms with Crippen LogP contribution in [0.2, 0.25) is 0 Å². The molecule has 0 aromatic carbocycles. The monoisotopic (exact) mass is 286 g/mol. The number of ether oxygens (including phenoxy) is 2. The maximum atomic E-state index is 11.7. The van der Waals surface area contributed by atoms with Crippen LogP contribution >= 0.6 is 0 Å². The van der Waals surface area contributed by atoms with Gasteiger partial charge in [0.25, 0.3) is 0 Å². The number of carbonyl (C=O) groups is 1. The fraction of sp³-hybridized carbons (Fsp3) is 0.933. The minimum Gasteiger partial charge on any atom is -0.465 e. The predicted molar refractivity (Wildman–Crippen MR) is 79.8 cm³/mol. The largest absolute Gasteiger partial charge is 0.465 e. The van der Waals surface area contributed by atoms with Gasteiger partial charge < -0.3 is 19.7 Å². The summed E-state index contributed by atoms with van der Waals surface area (Å²) in [5.41, 5.74) is 0. The number of rotatable bonds is 9. The van der Waals surface area contributed by atoms with Crippen LogP contribution in [0.4, 0.5) is 0 Å². The Balaban J connectivity index is 2.30. The molecule has 0 radical (unpaired) electrons. The van der Waals surface area contributed by atoms with Gasteiger partial charge in [-0.1, -0.05) is 6.92 Å². The van der Waals surface area contributed by atoms with Crippen molar-refractivity contribution in [3.8, 4) is 0 Å². The van der Waals surface area contributed by atoms with Crippen LogP contribution in [0.5, 0.6) is 0 Å². The van der Waals surface area contributed by atoms with Crippen molar-refractivity contribution in [3.63, 3.8) is 0 Å². The number of nitrogens with zero attached hydrogens (tertiary/aromatic N) is 1. The number of carbonyl (C=O) groups excluding carboxylic acids is 1. The predicted octanol–water partition coefficient (Wildman–Crippen LogP) is 1.42. The zero-order valence-corrected chi connectivity index (χ0v) is 13.2. The Hall–Kier alpha value is -0.650. The van der Waals surface area contributed by atoms with Crippen LogP contribution in [0.3, 0.4) is 0 Å². The molecule has 0 saturated carbocycles. The van der Waals surface area contributed by atoms with E-state index in [0.717, 1.165) is 45.5 Å². The summed E-state index contributed by atoms with van der Waals surface area (Å²) in [5.74, 6) is -0.147. The van der Waals surface area contributed by atoms with Crippen LogP contribution in [-0.4, -0.2) is 62.9 Å². The van der Waals surface area contributed by atoms with Crippen molar-refractivity contribution in [2.45, 2.75) is 51.7 Å². The summed E-state index contributed by atoms with van der Waals surface area (Å²) < 4.78 is 10.9. The first-order valence-corrected chi connectivity index (χ1v) is 7.89. The molecular formula is C15H30N2O3. The van der Waals surface area contributed by atoms with Gasteiger partial charge in [-0.2, -0.15) is 0 Å². The molecule has 2 atom stereocenters. The van der Waals surface area contributed by atoms with Gasteiger partial charge in [-0.05, 0) is 46.2 Å². The van der Waals surface area contributed by atoms with Gasteiger partial charge in [-0.3, -0.25) is 4.79 Å². The van der Waals surface area contributed by atoms with Gasteiger partial charge in [-0.15, -0.1) is 0 Å². The molecule has 1 rings (SSSR count). The summed E-state index contributed by atoms with van der Waals surface area (Å²) in [4.78, 5) is 14.1. The SMILES string of the molecule is CCCOC1CCCN(CCC(NC)C(=O)OCC)C1. The van der Waals surface area contributed by atoms with Crippen molar-refractivity contribution in [3.05, 3.63) is 0 Å². The number of esters is 1. The average molecular weight is 286 g/mol. The van der Waals surface area contributed by atoms with E-state index in [2.05, 4.69) is 17.1 Å². The Morgan fingerprint density at radius 1 is 1.45 bits per heavy atom. The molecule has 1 aliphatic heterocycles. The third-order valence-electron chi connectivity index (χ3n) is 3.67. The van der Waals surface area contributed by atoms with E-state index in [4.69, 9.17) is 9.47 Å². The molecule has 5 heteroatoms. The first-order valence-electron chi connectivity index (χ1n) is 7.89. The van der Waals surface area contributed by atoms with E-state index in [1.807, 2.05) is 14.0 Å². The second kappa shape index (κ2) is 10.1. The molecule has 1 N–H and O–H groups in total. The van der Waals surface area contributed by atoms with Crippen LogP contribution in [0.25, 0.3) is 0 Å². The molecule has 20 heavy (non-hydrogen) atoms. The van der Waals surface area contributed by atoms with E-state index >= 15 is 0 Å². The Bertz CT molecular complexity index is 274. The molecular weight excluding hydrogens is 256 g/mol. The Kier molecular flexibility index (Phi) is 8.82. The summed E-state index contributed by atoms with van der Waals surface area (Å²) in [6.07, 6.45) is 4.55. The van der Waals surface area contributed by atoms with Gasteiger partial charge in [0.05, 0.1) is 12.7 Å². The van der Waals surface area contributed by atoms with Gasteiger partial charge in [0.15, 0.2) is 0 Å². The number of piperidine rings is 1. The van der Waals surface area contributed by atoms with Crippen molar-refractivity contribution in [2.75, 3.05) is 39.9 Å². The lowest BCUT2D eigenvalue weighted by Gasteiger charge is -2.33. The molecule has 0 aliphatic carbocycles. The molecule has 0 bridgehead atoms. The summed E-state index contributed by atoms with van der Waals surface area (Å²) in [5, 5.41) is 3.04. The molecule has 1 saturated heterocycles. The van der Waals surface area contributed by atoms with Gasteiger partial charge in [0.2, 0.25) is 0 Å². The average Bonchev–Trinajstić information content (AvgIpc) is 2.46. The molecule has 0 aromatic heterocycles. The van der Waals surface area contributed by atoms with Crippen LogP contribution in [0, 0.1) is 0 Å². The number of hydrogen-bond donors (Lipinski definition) is 1. The van der Waals surface area contributed by atoms with E-state index in [-0.39, 0.29) is 12.0 Å². The lowest BCUT2D eigenvalue weighted by atomic mass is 10.1. The lowest BCUT2D eigenvalue weighted by Crippen LogP contribution is -2.44. The van der Waals surface area contributed by atoms with E-state index in [1.54, 1.807) is 0 Å². The summed E-state index contributed by atoms with van der Waals surface area (Å²) in [6.45, 7) is 8.26. The van der Waals surface area contributed by atoms with Crippen molar-refractivity contribution < 1.29 is 14.3 Å². The zero-order valence-electron chi connectivity index (χ0n) is 13.2. The maximum absolute atomic E-state index is 11.7. The summed E-state index contributed by atoms with van der Waals surface area (Å²) in [7, 11) is 1.81. The highest BCUT2D eigenvalue weighted by Gasteiger charge is 2.23. The third kappa shape index (κ3) is 6.20. The van der Waals surface area contributed by atoms with Crippen LogP contribution in [0.15, 0.2) is 0 Å². The molecule has 1 aliphatic rings. The Morgan fingerprint density at radius 2 is 2.25 bits per heavy atom. The Morgan fingerprint density at radius 3 is 2.90 bits per heavy atom. The molecule has 0 spiro atoms. The highest BCUT2D eigenvalue weighted by atomic mass is 16.5. The van der Waals surface area contributed by atoms with Gasteiger partial charge in [0, 0.05) is 19.7 Å². The molecule has 5 nitrogen and oxygen atoms in total. The topological polar surface area (TPSA) is 50.8 Å². The fourth-order valence-electron chi connectivity index (χ4n) is 2.57. The first-order chi connectivity index (χ1) is 9.71. The summed E-state index contributed by atoms with van der Waals surface area (Å²) in [6, 6.07) is -0.202. The van der Waals surface area contributed by atoms with E-state index < -0.39 is 0 Å². The van der Waals surface area contributed by atoms with Gasteiger partial charge in [-0.25, -0.2) is 0 Å². The second-order valence-electron chi connectivity index (χ2n) is 5.32. The number of likely N-dealkylation sites (N-methyl/N-ethyl adjacent to an activating group) is 1. The van der Waals surface area contributed by atoms with Crippen molar-refractivity contribution >= 4 is 5.97 Å². The fourth-order valence-corrected chi connectivity index (χ4v) is 2.57. The minimum absolute atomic E-state index is 0.147. The van der Waals surface area contributed by atoms with Gasteiger partial charge >= 0.3 is 5.97 Å². The molecule has 118 valence electrons. The Labute approximate surface area is 123 Å². The second-order valence-corrected chi connectivity index (χ2v) is 5.32. The van der Waals surface area contributed by atoms with Crippen LogP contribution < -0.4 is 5.32 Å². The molecule has 1 heterocycles. The highest BCUT2D eigenvalue weighted by Crippen LogP contribution is 2.14. The molecule has 2 unspecified atom stereocenters. The maximum Gasteiger partial charge on any atom is 0.323 e.